The molecule has 3 saturated heterocycles. The molecule has 3 aliphatic carbocycles. The number of ether oxygens (including phenoxy) is 2. The molecule has 12 heterocycles. The van der Waals surface area contributed by atoms with Gasteiger partial charge in [-0.25, -0.2) is 29.5 Å². The number of fused-ring (bicyclic) bond motifs is 6. The van der Waals surface area contributed by atoms with Gasteiger partial charge in [-0.15, -0.1) is 6.20 Å². The summed E-state index contributed by atoms with van der Waals surface area (Å²) in [5, 5.41) is 9.37. The van der Waals surface area contributed by atoms with Crippen LogP contribution in [0.2, 0.25) is 0 Å². The maximum absolute atomic E-state index is 12.5. The number of piperidine rings is 3. The second-order valence-electron chi connectivity index (χ2n) is 32.0. The van der Waals surface area contributed by atoms with Crippen LogP contribution in [0.5, 0.6) is 0 Å². The van der Waals surface area contributed by atoms with Crippen molar-refractivity contribution < 1.29 is 54.4 Å². The maximum atomic E-state index is 12.5. The molecular formula is C83H98BrFN18NaO7S3-. The van der Waals surface area contributed by atoms with Crippen LogP contribution in [0.1, 0.15) is 139 Å². The molecule has 25 nitrogen and oxygen atoms in total. The summed E-state index contributed by atoms with van der Waals surface area (Å²) in [6.07, 6.45) is 32.7. The standard InChI is InChI=1S/C29H34N6O3S.C24H26N6OS.C20H28N5O2.C9H6BrNO.CH3F.Na.H2S/c1-28(2,3)38-27(37)33-23-9-6-10-29(23)11-14-34(15-12-29)26-31-18-22(25-30-13-16-35(25)26)39-21-17-24(36)32-20-8-5-4-7-19(20)21;25-20-6-3-7-24(20)8-11-29(12-9-24)23-27-15-19(22-26-10-13-30(22)23)32-18-14-21(31)28-17-5-2-1-4-16(17)18;1-19(2,3)27-18(26)23-15-5-4-7-20(15)8-12-24(13-9-20)17-22-10-6-16-21-11-14-25(16)17;10-7-5-9(12)11-8-4-2-1-3-6(7)8;1-2;;/h4-5,7-8,13,16-18,23H,6,9-12,14-15H2,1-3H3,(H,32,36)(H,33,37);1-2,4-5,10,13-15,20H,3,6-9,11-12,25H2,(H,28,31);10-11,14-15H,4-5,7-9,12-13H2,1-3H3,(H,23,26);1-5H,(H,11,12);1H3;;1H2/q;;-1;;;+1;/p-1/t23-;20-;15-;;;;/m111..../s1/i;;;;1D;;. The third-order valence-corrected chi connectivity index (χ3v) is 25.6. The first-order chi connectivity index (χ1) is 54.4. The molecular weight excluding hydrogens is 1580 g/mol. The number of nitrogens with zero attached hydrogens (tertiary/aromatic N) is 12. The number of nitrogens with one attached hydrogen (secondary N) is 5. The SMILES string of the molecule is CC(C)(C)OC(=O)N[C@@H]1CCCC12CCN(c1nc[c-]c3nccn13)CC2.CC(C)(C)OC(=O)N[C@@H]1CCCC12CCN(c1ncc(Sc3cc(=O)[nH]c4ccccc34)c3nccn13)CC2.N[C@@H]1CCCC12CCN(c1ncc(Sc3cc(=O)[nH]c4ccccc34)c3nccn13)CC2.O=c1cc(Br)c2ccccc2[nH]1.[2H]CF.[Na+].[SH-]. The van der Waals surface area contributed by atoms with E-state index in [1.165, 1.54) is 42.4 Å². The number of alkyl halides is 1. The number of rotatable bonds is 9. The van der Waals surface area contributed by atoms with Crippen LogP contribution in [0.25, 0.3) is 49.7 Å². The average molecular weight is 1680 g/mol. The topological polar surface area (TPSA) is 302 Å². The Hall–Kier alpha value is -8.49. The Bertz CT molecular complexity index is 5580. The van der Waals surface area contributed by atoms with Crippen molar-refractivity contribution in [1.82, 2.24) is 68.7 Å². The molecule has 6 fully saturated rings. The molecule has 18 rings (SSSR count). The molecule has 596 valence electrons. The van der Waals surface area contributed by atoms with E-state index in [1.807, 2.05) is 160 Å². The number of aromatic nitrogens is 12. The number of thiol groups is 1. The van der Waals surface area contributed by atoms with Crippen molar-refractivity contribution in [2.75, 3.05) is 61.1 Å². The number of hydrogen-bond donors (Lipinski definition) is 6. The Labute approximate surface area is 708 Å². The number of benzene rings is 3. The number of carbonyl (C=O) groups excluding carboxylic acids is 2. The van der Waals surface area contributed by atoms with Crippen molar-refractivity contribution in [1.29, 1.82) is 0 Å². The summed E-state index contributed by atoms with van der Waals surface area (Å²) in [6, 6.07) is 31.9. The average Bonchev–Trinajstić information content (AvgIpc) is 1.68. The molecule has 3 atom stereocenters. The Balaban J connectivity index is 0.000000146. The van der Waals surface area contributed by atoms with Crippen LogP contribution >= 0.6 is 39.5 Å². The van der Waals surface area contributed by atoms with E-state index < -0.39 is 18.4 Å². The Kier molecular flexibility index (Phi) is 26.6. The third-order valence-electron chi connectivity index (χ3n) is 22.8. The smallest absolute Gasteiger partial charge is 0.813 e. The fraction of sp³-hybridized carbons (Fsp3) is 0.434. The second-order valence-corrected chi connectivity index (χ2v) is 35.0. The summed E-state index contributed by atoms with van der Waals surface area (Å²) in [5.74, 6) is 2.72. The molecule has 12 aromatic rings. The van der Waals surface area contributed by atoms with Crippen LogP contribution < -0.4 is 77.3 Å². The number of para-hydroxylation sites is 3. The van der Waals surface area contributed by atoms with Gasteiger partial charge in [0.05, 0.1) is 18.3 Å². The minimum atomic E-state index is -1.00. The van der Waals surface area contributed by atoms with E-state index in [0.29, 0.717) is 11.5 Å². The van der Waals surface area contributed by atoms with E-state index in [1.54, 1.807) is 30.7 Å². The van der Waals surface area contributed by atoms with Crippen LogP contribution in [0.3, 0.4) is 0 Å². The van der Waals surface area contributed by atoms with Gasteiger partial charge in [-0.2, -0.15) is 0 Å². The van der Waals surface area contributed by atoms with Crippen LogP contribution in [0, 0.1) is 22.3 Å². The summed E-state index contributed by atoms with van der Waals surface area (Å²) in [6.45, 7) is 16.9. The Morgan fingerprint density at radius 3 is 1.36 bits per heavy atom. The molecule has 0 unspecified atom stereocenters. The van der Waals surface area contributed by atoms with E-state index >= 15 is 0 Å². The van der Waals surface area contributed by atoms with Gasteiger partial charge >= 0.3 is 41.7 Å². The summed E-state index contributed by atoms with van der Waals surface area (Å²) >= 11 is 6.37. The first-order valence-corrected chi connectivity index (χ1v) is 40.9. The van der Waals surface area contributed by atoms with Crippen LogP contribution in [0.4, 0.5) is 31.8 Å². The minimum absolute atomic E-state index is 0. The number of anilines is 3. The van der Waals surface area contributed by atoms with E-state index in [0.717, 1.165) is 214 Å². The van der Waals surface area contributed by atoms with Crippen molar-refractivity contribution in [3.63, 3.8) is 0 Å². The monoisotopic (exact) mass is 1680 g/mol. The predicted molar refractivity (Wildman–Crippen MR) is 451 cm³/mol. The van der Waals surface area contributed by atoms with Gasteiger partial charge in [0.25, 0.3) is 0 Å². The fourth-order valence-electron chi connectivity index (χ4n) is 17.4. The van der Waals surface area contributed by atoms with Crippen molar-refractivity contribution in [3.05, 3.63) is 188 Å². The summed E-state index contributed by atoms with van der Waals surface area (Å²) in [7, 11) is -1.00. The zero-order valence-corrected chi connectivity index (χ0v) is 71.6. The molecule has 3 aromatic carbocycles. The minimum Gasteiger partial charge on any atom is -0.813 e. The number of halogens is 2. The number of H-pyrrole nitrogens is 3. The van der Waals surface area contributed by atoms with Gasteiger partial charge < -0.3 is 79.5 Å². The molecule has 3 spiro atoms. The zero-order chi connectivity index (χ0) is 79.2. The molecule has 0 radical (unpaired) electrons. The second kappa shape index (κ2) is 36.4. The van der Waals surface area contributed by atoms with Crippen LogP contribution in [-0.4, -0.2) is 146 Å². The zero-order valence-electron chi connectivity index (χ0n) is 66.5. The molecule has 7 N–H and O–H groups in total. The molecule has 31 heteroatoms. The molecule has 0 bridgehead atoms. The predicted octanol–water partition coefficient (Wildman–Crippen LogP) is 12.0. The maximum Gasteiger partial charge on any atom is 1.00 e. The van der Waals surface area contributed by atoms with Gasteiger partial charge in [0, 0.05) is 172 Å². The van der Waals surface area contributed by atoms with Gasteiger partial charge in [0.2, 0.25) is 34.5 Å². The number of carbonyl (C=O) groups is 2. The van der Waals surface area contributed by atoms with E-state index in [9.17, 15) is 28.4 Å². The van der Waals surface area contributed by atoms with Crippen molar-refractivity contribution in [3.8, 4) is 0 Å². The normalized spacial score (nSPS) is 18.9. The molecule has 3 aliphatic heterocycles. The Morgan fingerprint density at radius 2 is 0.921 bits per heavy atom. The molecule has 114 heavy (non-hydrogen) atoms. The molecule has 3 saturated carbocycles. The molecule has 9 aromatic heterocycles. The number of hydrogen-bond acceptors (Lipinski definition) is 20. The van der Waals surface area contributed by atoms with Gasteiger partial charge in [-0.3, -0.25) is 37.5 Å². The quantitative estimate of drug-likeness (QED) is 0.0339. The van der Waals surface area contributed by atoms with Crippen molar-refractivity contribution >= 4 is 133 Å². The summed E-state index contributed by atoms with van der Waals surface area (Å²) in [5.41, 5.74) is 10.7. The van der Waals surface area contributed by atoms with E-state index in [-0.39, 0.29) is 94.8 Å². The fourth-order valence-corrected chi connectivity index (χ4v) is 20.0. The van der Waals surface area contributed by atoms with Gasteiger partial charge in [-0.05, 0) is 175 Å². The van der Waals surface area contributed by atoms with Crippen molar-refractivity contribution in [2.24, 2.45) is 22.0 Å². The van der Waals surface area contributed by atoms with Gasteiger partial charge in [0.1, 0.15) is 11.2 Å². The van der Waals surface area contributed by atoms with Crippen LogP contribution in [0.15, 0.2) is 185 Å². The molecule has 6 aliphatic rings. The number of nitrogens with two attached hydrogens (primary N) is 1. The van der Waals surface area contributed by atoms with Gasteiger partial charge in [-0.1, -0.05) is 97.4 Å². The number of aromatic amines is 3. The van der Waals surface area contributed by atoms with Gasteiger partial charge in [0.15, 0.2) is 11.3 Å². The first-order valence-electron chi connectivity index (χ1n) is 39.2. The Morgan fingerprint density at radius 1 is 0.544 bits per heavy atom. The van der Waals surface area contributed by atoms with E-state index in [2.05, 4.69) is 86.6 Å². The van der Waals surface area contributed by atoms with E-state index in [4.69, 9.17) is 26.5 Å². The number of imidazole rings is 3. The molecule has 2 amide bonds. The van der Waals surface area contributed by atoms with Crippen molar-refractivity contribution in [2.45, 2.75) is 187 Å². The number of pyridine rings is 3. The summed E-state index contributed by atoms with van der Waals surface area (Å²) in [4.78, 5) is 107. The van der Waals surface area contributed by atoms with Crippen LogP contribution in [-0.2, 0) is 23.0 Å². The number of alkyl carbamates (subject to hydrolysis) is 2. The first kappa shape index (κ1) is 83.5. The largest absolute Gasteiger partial charge is 1.00 e. The third kappa shape index (κ3) is 19.0. The summed E-state index contributed by atoms with van der Waals surface area (Å²) < 4.78 is 33.5. The number of amides is 2.